The van der Waals surface area contributed by atoms with Crippen molar-refractivity contribution >= 4 is 16.9 Å². The molecule has 1 atom stereocenters. The van der Waals surface area contributed by atoms with Crippen molar-refractivity contribution in [2.45, 2.75) is 26.3 Å². The van der Waals surface area contributed by atoms with Crippen molar-refractivity contribution in [3.63, 3.8) is 0 Å². The highest BCUT2D eigenvalue weighted by Crippen LogP contribution is 2.21. The molecular formula is C12H16N4O. The minimum absolute atomic E-state index is 0.220. The molecule has 0 radical (unpaired) electrons. The molecule has 1 unspecified atom stereocenters. The number of carbonyl (C=O) groups is 1. The number of rotatable bonds is 3. The third kappa shape index (κ3) is 1.89. The molecule has 2 rings (SSSR count). The van der Waals surface area contributed by atoms with Crippen molar-refractivity contribution in [1.82, 2.24) is 15.0 Å². The Morgan fingerprint density at radius 1 is 1.53 bits per heavy atom. The molecule has 0 aliphatic heterocycles. The molecule has 1 aromatic heterocycles. The number of nitrogens with two attached hydrogens (primary N) is 1. The third-order valence-electron chi connectivity index (χ3n) is 2.89. The Hall–Kier alpha value is -1.88. The van der Waals surface area contributed by atoms with Gasteiger partial charge in [-0.2, -0.15) is 0 Å². The molecule has 0 aliphatic rings. The van der Waals surface area contributed by atoms with Crippen LogP contribution in [0.2, 0.25) is 0 Å². The summed E-state index contributed by atoms with van der Waals surface area (Å²) < 4.78 is 1.93. The first kappa shape index (κ1) is 11.6. The summed E-state index contributed by atoms with van der Waals surface area (Å²) in [6, 6.07) is 7.42. The molecule has 1 amide bonds. The Labute approximate surface area is 99.6 Å². The maximum Gasteiger partial charge on any atom is 0.256 e. The van der Waals surface area contributed by atoms with E-state index in [1.165, 1.54) is 0 Å². The maximum absolute atomic E-state index is 11.6. The van der Waals surface area contributed by atoms with E-state index in [2.05, 4.69) is 10.4 Å². The van der Waals surface area contributed by atoms with Crippen molar-refractivity contribution in [3.8, 4) is 0 Å². The topological polar surface area (TPSA) is 72.9 Å². The minimum Gasteiger partial charge on any atom is -0.316 e. The van der Waals surface area contributed by atoms with Crippen LogP contribution in [0.4, 0.5) is 0 Å². The monoisotopic (exact) mass is 232 g/mol. The number of benzene rings is 1. The highest BCUT2D eigenvalue weighted by molar-refractivity contribution is 5.83. The summed E-state index contributed by atoms with van der Waals surface area (Å²) >= 11 is 0. The van der Waals surface area contributed by atoms with Gasteiger partial charge in [-0.15, -0.1) is 0 Å². The van der Waals surface area contributed by atoms with Crippen LogP contribution in [0.5, 0.6) is 0 Å². The van der Waals surface area contributed by atoms with Crippen LogP contribution >= 0.6 is 0 Å². The van der Waals surface area contributed by atoms with Gasteiger partial charge >= 0.3 is 0 Å². The van der Waals surface area contributed by atoms with Crippen LogP contribution in [0.1, 0.15) is 25.7 Å². The number of nitrogens with zero attached hydrogens (tertiary/aromatic N) is 2. The molecule has 0 saturated heterocycles. The van der Waals surface area contributed by atoms with E-state index in [9.17, 15) is 4.79 Å². The van der Waals surface area contributed by atoms with Crippen LogP contribution in [0.15, 0.2) is 24.3 Å². The van der Waals surface area contributed by atoms with Crippen LogP contribution in [0.25, 0.3) is 11.0 Å². The first-order chi connectivity index (χ1) is 8.19. The molecular weight excluding hydrogens is 216 g/mol. The van der Waals surface area contributed by atoms with Gasteiger partial charge in [0.15, 0.2) is 0 Å². The zero-order valence-corrected chi connectivity index (χ0v) is 9.97. The van der Waals surface area contributed by atoms with E-state index in [1.54, 1.807) is 0 Å². The lowest BCUT2D eigenvalue weighted by Crippen LogP contribution is -2.36. The Balaban J connectivity index is 2.61. The number of hydrogen-bond acceptors (Lipinski definition) is 3. The van der Waals surface area contributed by atoms with E-state index in [4.69, 9.17) is 5.84 Å². The number of imidazole rings is 1. The van der Waals surface area contributed by atoms with Gasteiger partial charge in [0.2, 0.25) is 0 Å². The van der Waals surface area contributed by atoms with E-state index in [0.717, 1.165) is 23.3 Å². The molecule has 1 heterocycles. The van der Waals surface area contributed by atoms with E-state index < -0.39 is 0 Å². The van der Waals surface area contributed by atoms with Crippen molar-refractivity contribution in [3.05, 3.63) is 30.1 Å². The van der Waals surface area contributed by atoms with Crippen LogP contribution in [0, 0.1) is 0 Å². The number of para-hydroxylation sites is 2. The molecule has 0 spiro atoms. The van der Waals surface area contributed by atoms with Gasteiger partial charge in [-0.05, 0) is 19.1 Å². The maximum atomic E-state index is 11.6. The quantitative estimate of drug-likeness (QED) is 0.473. The zero-order chi connectivity index (χ0) is 12.4. The van der Waals surface area contributed by atoms with Crippen molar-refractivity contribution in [2.75, 3.05) is 0 Å². The number of hydrazine groups is 1. The molecule has 1 aromatic carbocycles. The van der Waals surface area contributed by atoms with E-state index in [1.807, 2.05) is 42.7 Å². The van der Waals surface area contributed by atoms with Crippen molar-refractivity contribution < 1.29 is 4.79 Å². The molecule has 3 N–H and O–H groups in total. The summed E-state index contributed by atoms with van der Waals surface area (Å²) in [5.41, 5.74) is 4.04. The summed E-state index contributed by atoms with van der Waals surface area (Å²) in [6.45, 7) is 3.83. The Morgan fingerprint density at radius 2 is 2.24 bits per heavy atom. The SMILES string of the molecule is CCc1nc2ccccc2n1C(C)C(=O)NN. The molecule has 90 valence electrons. The van der Waals surface area contributed by atoms with Gasteiger partial charge in [0, 0.05) is 6.42 Å². The number of amides is 1. The van der Waals surface area contributed by atoms with Crippen LogP contribution in [0.3, 0.4) is 0 Å². The standard InChI is InChI=1S/C12H16N4O/c1-3-11-14-9-6-4-5-7-10(9)16(11)8(2)12(17)15-13/h4-8H,3,13H2,1-2H3,(H,15,17). The van der Waals surface area contributed by atoms with E-state index in [0.29, 0.717) is 0 Å². The predicted octanol–water partition coefficient (Wildman–Crippen LogP) is 1.15. The summed E-state index contributed by atoms with van der Waals surface area (Å²) in [7, 11) is 0. The van der Waals surface area contributed by atoms with Gasteiger partial charge in [-0.1, -0.05) is 19.1 Å². The smallest absolute Gasteiger partial charge is 0.256 e. The number of carbonyl (C=O) groups excluding carboxylic acids is 1. The molecule has 0 fully saturated rings. The molecule has 0 bridgehead atoms. The fourth-order valence-electron chi connectivity index (χ4n) is 2.01. The normalized spacial score (nSPS) is 12.6. The molecule has 5 heteroatoms. The van der Waals surface area contributed by atoms with Gasteiger partial charge in [0.1, 0.15) is 11.9 Å². The number of hydrogen-bond donors (Lipinski definition) is 2. The first-order valence-electron chi connectivity index (χ1n) is 5.65. The summed E-state index contributed by atoms with van der Waals surface area (Å²) in [4.78, 5) is 16.1. The fraction of sp³-hybridized carbons (Fsp3) is 0.333. The molecule has 17 heavy (non-hydrogen) atoms. The second-order valence-electron chi connectivity index (χ2n) is 3.92. The predicted molar refractivity (Wildman–Crippen MR) is 66.2 cm³/mol. The number of fused-ring (bicyclic) bond motifs is 1. The second-order valence-corrected chi connectivity index (χ2v) is 3.92. The fourth-order valence-corrected chi connectivity index (χ4v) is 2.01. The van der Waals surface area contributed by atoms with Crippen LogP contribution in [-0.2, 0) is 11.2 Å². The van der Waals surface area contributed by atoms with E-state index in [-0.39, 0.29) is 11.9 Å². The van der Waals surface area contributed by atoms with Crippen molar-refractivity contribution in [2.24, 2.45) is 5.84 Å². The Bertz CT molecular complexity index is 546. The Morgan fingerprint density at radius 3 is 2.88 bits per heavy atom. The molecule has 0 saturated carbocycles. The molecule has 5 nitrogen and oxygen atoms in total. The van der Waals surface area contributed by atoms with E-state index >= 15 is 0 Å². The summed E-state index contributed by atoms with van der Waals surface area (Å²) in [6.07, 6.45) is 0.775. The first-order valence-corrected chi connectivity index (χ1v) is 5.65. The second kappa shape index (κ2) is 4.55. The molecule has 2 aromatic rings. The summed E-state index contributed by atoms with van der Waals surface area (Å²) in [5, 5.41) is 0. The summed E-state index contributed by atoms with van der Waals surface area (Å²) in [5.74, 6) is 5.85. The largest absolute Gasteiger partial charge is 0.316 e. The zero-order valence-electron chi connectivity index (χ0n) is 9.97. The average molecular weight is 232 g/mol. The van der Waals surface area contributed by atoms with Gasteiger partial charge in [-0.25, -0.2) is 10.8 Å². The van der Waals surface area contributed by atoms with Crippen LogP contribution < -0.4 is 11.3 Å². The number of nitrogens with one attached hydrogen (secondary N) is 1. The van der Waals surface area contributed by atoms with Gasteiger partial charge in [-0.3, -0.25) is 10.2 Å². The van der Waals surface area contributed by atoms with Crippen molar-refractivity contribution in [1.29, 1.82) is 0 Å². The highest BCUT2D eigenvalue weighted by Gasteiger charge is 2.19. The lowest BCUT2D eigenvalue weighted by Gasteiger charge is -2.15. The van der Waals surface area contributed by atoms with Gasteiger partial charge < -0.3 is 4.57 Å². The molecule has 0 aliphatic carbocycles. The van der Waals surface area contributed by atoms with Gasteiger partial charge in [0.25, 0.3) is 5.91 Å². The highest BCUT2D eigenvalue weighted by atomic mass is 16.2. The Kier molecular flexibility index (Phi) is 3.10. The third-order valence-corrected chi connectivity index (χ3v) is 2.89. The van der Waals surface area contributed by atoms with Gasteiger partial charge in [0.05, 0.1) is 11.0 Å². The number of aromatic nitrogens is 2. The lowest BCUT2D eigenvalue weighted by atomic mass is 10.2. The minimum atomic E-state index is -0.359. The average Bonchev–Trinajstić information content (AvgIpc) is 2.75. The van der Waals surface area contributed by atoms with Crippen LogP contribution in [-0.4, -0.2) is 15.5 Å². The number of aryl methyl sites for hydroxylation is 1. The lowest BCUT2D eigenvalue weighted by molar-refractivity contribution is -0.123.